The van der Waals surface area contributed by atoms with E-state index in [1.165, 1.54) is 25.7 Å². The van der Waals surface area contributed by atoms with Crippen LogP contribution in [-0.4, -0.2) is 18.4 Å². The molecule has 12 heavy (non-hydrogen) atoms. The Balaban J connectivity index is 1.79. The van der Waals surface area contributed by atoms with Crippen LogP contribution in [0.3, 0.4) is 0 Å². The molecule has 66 valence electrons. The number of fused-ring (bicyclic) bond motifs is 4. The highest BCUT2D eigenvalue weighted by Crippen LogP contribution is 2.50. The van der Waals surface area contributed by atoms with E-state index >= 15 is 0 Å². The van der Waals surface area contributed by atoms with Crippen molar-refractivity contribution in [3.63, 3.8) is 0 Å². The van der Waals surface area contributed by atoms with E-state index in [0.29, 0.717) is 11.8 Å². The third-order valence-electron chi connectivity index (χ3n) is 3.51. The zero-order valence-electron chi connectivity index (χ0n) is 6.86. The van der Waals surface area contributed by atoms with E-state index in [2.05, 4.69) is 0 Å². The van der Waals surface area contributed by atoms with Crippen molar-refractivity contribution in [2.45, 2.75) is 37.9 Å². The Morgan fingerprint density at radius 3 is 2.00 bits per heavy atom. The fourth-order valence-corrected chi connectivity index (χ4v) is 2.90. The molecule has 0 amide bonds. The molecule has 0 aromatic carbocycles. The zero-order chi connectivity index (χ0) is 8.13. The predicted molar refractivity (Wildman–Crippen MR) is 40.6 cm³/mol. The Bertz CT molecular complexity index is 204. The molecule has 1 aliphatic heterocycles. The van der Waals surface area contributed by atoms with Crippen LogP contribution in [0.5, 0.6) is 0 Å². The second kappa shape index (κ2) is 2.15. The number of carbonyl (C=O) groups is 1. The molecule has 3 fully saturated rings. The van der Waals surface area contributed by atoms with Crippen molar-refractivity contribution in [3.05, 3.63) is 0 Å². The fraction of sp³-hybridized carbons (Fsp3) is 0.889. The van der Waals surface area contributed by atoms with Crippen molar-refractivity contribution in [2.75, 3.05) is 0 Å². The van der Waals surface area contributed by atoms with Gasteiger partial charge in [-0.3, -0.25) is 0 Å². The number of ether oxygens (including phenoxy) is 2. The second-order valence-corrected chi connectivity index (χ2v) is 4.03. The molecule has 0 aromatic rings. The first-order valence-corrected chi connectivity index (χ1v) is 4.73. The highest BCUT2D eigenvalue weighted by molar-refractivity contribution is 5.63. The van der Waals surface area contributed by atoms with Gasteiger partial charge in [-0.25, -0.2) is 4.79 Å². The molecule has 2 saturated carbocycles. The van der Waals surface area contributed by atoms with Gasteiger partial charge in [0.05, 0.1) is 0 Å². The summed E-state index contributed by atoms with van der Waals surface area (Å²) >= 11 is 0. The normalized spacial score (nSPS) is 49.8. The van der Waals surface area contributed by atoms with Gasteiger partial charge in [0.2, 0.25) is 0 Å². The van der Waals surface area contributed by atoms with Crippen molar-refractivity contribution in [1.29, 1.82) is 0 Å². The maximum Gasteiger partial charge on any atom is 0.509 e. The van der Waals surface area contributed by atoms with Crippen LogP contribution in [-0.2, 0) is 9.47 Å². The molecule has 0 N–H and O–H groups in total. The summed E-state index contributed by atoms with van der Waals surface area (Å²) in [5.74, 6) is 1.24. The Kier molecular flexibility index (Phi) is 1.21. The van der Waals surface area contributed by atoms with Crippen LogP contribution in [0, 0.1) is 11.8 Å². The van der Waals surface area contributed by atoms with Crippen LogP contribution >= 0.6 is 0 Å². The minimum atomic E-state index is -0.445. The van der Waals surface area contributed by atoms with E-state index in [9.17, 15) is 4.79 Å². The van der Waals surface area contributed by atoms with Gasteiger partial charge in [0.1, 0.15) is 12.2 Å². The predicted octanol–water partition coefficient (Wildman–Crippen LogP) is 1.71. The van der Waals surface area contributed by atoms with Crippen LogP contribution in [0.25, 0.3) is 0 Å². The molecule has 3 rings (SSSR count). The molecule has 1 saturated heterocycles. The fourth-order valence-electron chi connectivity index (χ4n) is 2.90. The highest BCUT2D eigenvalue weighted by Gasteiger charge is 2.59. The first-order chi connectivity index (χ1) is 5.86. The number of hydrogen-bond acceptors (Lipinski definition) is 3. The molecule has 0 bridgehead atoms. The maximum atomic E-state index is 10.8. The van der Waals surface area contributed by atoms with Crippen LogP contribution in [0.1, 0.15) is 25.7 Å². The van der Waals surface area contributed by atoms with Gasteiger partial charge in [0.15, 0.2) is 0 Å². The average molecular weight is 168 g/mol. The lowest BCUT2D eigenvalue weighted by atomic mass is 9.61. The van der Waals surface area contributed by atoms with Crippen molar-refractivity contribution in [1.82, 2.24) is 0 Å². The minimum absolute atomic E-state index is 0.114. The summed E-state index contributed by atoms with van der Waals surface area (Å²) < 4.78 is 10.1. The summed E-state index contributed by atoms with van der Waals surface area (Å²) in [6.07, 6.45) is 4.82. The van der Waals surface area contributed by atoms with E-state index < -0.39 is 6.16 Å². The van der Waals surface area contributed by atoms with E-state index in [0.717, 1.165) is 0 Å². The molecule has 0 aromatic heterocycles. The van der Waals surface area contributed by atoms with E-state index in [-0.39, 0.29) is 12.2 Å². The van der Waals surface area contributed by atoms with E-state index in [1.807, 2.05) is 0 Å². The summed E-state index contributed by atoms with van der Waals surface area (Å²) in [6, 6.07) is 0. The quantitative estimate of drug-likeness (QED) is 0.516. The average Bonchev–Trinajstić information content (AvgIpc) is 2.42. The number of rotatable bonds is 0. The van der Waals surface area contributed by atoms with Gasteiger partial charge in [0.25, 0.3) is 0 Å². The van der Waals surface area contributed by atoms with Gasteiger partial charge in [-0.15, -0.1) is 0 Å². The Hall–Kier alpha value is -0.730. The number of carbonyl (C=O) groups excluding carboxylic acids is 1. The minimum Gasteiger partial charge on any atom is -0.427 e. The van der Waals surface area contributed by atoms with Crippen LogP contribution in [0.4, 0.5) is 4.79 Å². The smallest absolute Gasteiger partial charge is 0.427 e. The molecule has 0 spiro atoms. The Morgan fingerprint density at radius 1 is 1.00 bits per heavy atom. The van der Waals surface area contributed by atoms with Gasteiger partial charge in [-0.05, 0) is 12.8 Å². The first-order valence-electron chi connectivity index (χ1n) is 4.73. The van der Waals surface area contributed by atoms with Gasteiger partial charge >= 0.3 is 6.16 Å². The molecule has 3 nitrogen and oxygen atoms in total. The van der Waals surface area contributed by atoms with Gasteiger partial charge in [-0.2, -0.15) is 0 Å². The van der Waals surface area contributed by atoms with Gasteiger partial charge in [-0.1, -0.05) is 12.8 Å². The third kappa shape index (κ3) is 0.692. The lowest BCUT2D eigenvalue weighted by Gasteiger charge is -2.47. The Morgan fingerprint density at radius 2 is 1.50 bits per heavy atom. The molecular weight excluding hydrogens is 156 g/mol. The topological polar surface area (TPSA) is 35.5 Å². The lowest BCUT2D eigenvalue weighted by molar-refractivity contribution is -0.0940. The number of hydrogen-bond donors (Lipinski definition) is 0. The van der Waals surface area contributed by atoms with Gasteiger partial charge in [0, 0.05) is 11.8 Å². The monoisotopic (exact) mass is 168 g/mol. The molecule has 2 aliphatic carbocycles. The van der Waals surface area contributed by atoms with Crippen LogP contribution in [0.15, 0.2) is 0 Å². The third-order valence-corrected chi connectivity index (χ3v) is 3.51. The first kappa shape index (κ1) is 6.75. The molecule has 3 heteroatoms. The summed E-state index contributed by atoms with van der Waals surface area (Å²) in [5, 5.41) is 0. The molecule has 0 radical (unpaired) electrons. The van der Waals surface area contributed by atoms with Crippen LogP contribution < -0.4 is 0 Å². The van der Waals surface area contributed by atoms with E-state index in [4.69, 9.17) is 9.47 Å². The molecular formula is C9H12O3. The maximum absolute atomic E-state index is 10.8. The largest absolute Gasteiger partial charge is 0.509 e. The highest BCUT2D eigenvalue weighted by atomic mass is 16.8. The van der Waals surface area contributed by atoms with Crippen molar-refractivity contribution >= 4 is 6.16 Å². The summed E-state index contributed by atoms with van der Waals surface area (Å²) in [6.45, 7) is 0. The molecule has 4 atom stereocenters. The summed E-state index contributed by atoms with van der Waals surface area (Å²) in [5.41, 5.74) is 0. The van der Waals surface area contributed by atoms with Gasteiger partial charge < -0.3 is 9.47 Å². The summed E-state index contributed by atoms with van der Waals surface area (Å²) in [4.78, 5) is 10.8. The standard InChI is InChI=1S/C9H12O3/c10-9-11-7-5-3-1-2-4-6(5)8(7)12-9/h5-8H,1-4H2. The van der Waals surface area contributed by atoms with E-state index in [1.54, 1.807) is 0 Å². The Labute approximate surface area is 71.0 Å². The second-order valence-electron chi connectivity index (χ2n) is 4.03. The zero-order valence-corrected chi connectivity index (χ0v) is 6.86. The van der Waals surface area contributed by atoms with Crippen molar-refractivity contribution < 1.29 is 14.3 Å². The van der Waals surface area contributed by atoms with Crippen molar-refractivity contribution in [3.8, 4) is 0 Å². The molecule has 1 heterocycles. The van der Waals surface area contributed by atoms with Crippen molar-refractivity contribution in [2.24, 2.45) is 11.8 Å². The molecule has 4 unspecified atom stereocenters. The van der Waals surface area contributed by atoms with Crippen LogP contribution in [0.2, 0.25) is 0 Å². The lowest BCUT2D eigenvalue weighted by Crippen LogP contribution is -2.54. The SMILES string of the molecule is O=C1OC2C3CCCCC3C2O1. The molecule has 3 aliphatic rings. The summed E-state index contributed by atoms with van der Waals surface area (Å²) in [7, 11) is 0.